The number of hydrogen-bond acceptors (Lipinski definition) is 6. The molecule has 0 aromatic heterocycles. The summed E-state index contributed by atoms with van der Waals surface area (Å²) in [4.78, 5) is 24.2. The molecule has 0 bridgehead atoms. The number of rotatable bonds is 7. The zero-order chi connectivity index (χ0) is 20.9. The number of sulfonamides is 1. The molecular formula is C17H17ClN2O6S2. The van der Waals surface area contributed by atoms with Gasteiger partial charge in [-0.25, -0.2) is 13.2 Å². The summed E-state index contributed by atoms with van der Waals surface area (Å²) in [5, 5.41) is 8.39. The predicted octanol–water partition coefficient (Wildman–Crippen LogP) is 3.38. The van der Waals surface area contributed by atoms with Gasteiger partial charge in [0, 0.05) is 24.7 Å². The number of nitrogens with zero attached hydrogens (tertiary/aromatic N) is 1. The Kier molecular flexibility index (Phi) is 7.17. The molecule has 0 saturated carbocycles. The first-order valence-corrected chi connectivity index (χ1v) is 10.4. The van der Waals surface area contributed by atoms with Crippen LogP contribution in [0.3, 0.4) is 0 Å². The van der Waals surface area contributed by atoms with E-state index in [2.05, 4.69) is 4.72 Å². The van der Waals surface area contributed by atoms with Crippen molar-refractivity contribution in [1.82, 2.24) is 4.90 Å². The van der Waals surface area contributed by atoms with E-state index in [0.717, 1.165) is 17.8 Å². The summed E-state index contributed by atoms with van der Waals surface area (Å²) in [5.74, 6) is -1.12. The number of hydrogen-bond donors (Lipinski definition) is 2. The van der Waals surface area contributed by atoms with Crippen molar-refractivity contribution in [3.8, 4) is 5.75 Å². The summed E-state index contributed by atoms with van der Waals surface area (Å²) in [6.07, 6.45) is 0. The Morgan fingerprint density at radius 2 is 1.93 bits per heavy atom. The standard InChI is InChI=1S/C17H17ClN2O6S2/c1-20(2)17(23)27-12-5-3-4-11(8-12)19-28(24,25)13-6-7-15(14(18)9-13)26-10-16(21)22/h3-9,19H,10H2,1-2H3,(H,21,22). The van der Waals surface area contributed by atoms with Crippen molar-refractivity contribution in [1.29, 1.82) is 0 Å². The van der Waals surface area contributed by atoms with E-state index in [0.29, 0.717) is 4.90 Å². The van der Waals surface area contributed by atoms with Gasteiger partial charge < -0.3 is 14.7 Å². The fourth-order valence-electron chi connectivity index (χ4n) is 1.93. The highest BCUT2D eigenvalue weighted by Gasteiger charge is 2.17. The first kappa shape index (κ1) is 21.9. The maximum Gasteiger partial charge on any atom is 0.341 e. The van der Waals surface area contributed by atoms with Gasteiger partial charge in [0.05, 0.1) is 9.92 Å². The van der Waals surface area contributed by atoms with E-state index < -0.39 is 22.6 Å². The van der Waals surface area contributed by atoms with Crippen molar-refractivity contribution in [2.24, 2.45) is 0 Å². The quantitative estimate of drug-likeness (QED) is 0.629. The van der Waals surface area contributed by atoms with Crippen LogP contribution >= 0.6 is 23.4 Å². The van der Waals surface area contributed by atoms with Crippen LogP contribution in [0.5, 0.6) is 5.75 Å². The van der Waals surface area contributed by atoms with Crippen LogP contribution in [0.2, 0.25) is 5.02 Å². The molecule has 2 N–H and O–H groups in total. The molecule has 0 aliphatic heterocycles. The van der Waals surface area contributed by atoms with Crippen molar-refractivity contribution < 1.29 is 27.9 Å². The van der Waals surface area contributed by atoms with Crippen LogP contribution in [0, 0.1) is 0 Å². The fraction of sp³-hybridized carbons (Fsp3) is 0.176. The largest absolute Gasteiger partial charge is 0.480 e. The molecule has 2 aromatic rings. The third kappa shape index (κ3) is 6.04. The molecule has 0 unspecified atom stereocenters. The third-order valence-electron chi connectivity index (χ3n) is 3.22. The summed E-state index contributed by atoms with van der Waals surface area (Å²) >= 11 is 6.94. The molecule has 0 aliphatic rings. The Labute approximate surface area is 171 Å². The number of benzene rings is 2. The van der Waals surface area contributed by atoms with Gasteiger partial charge in [-0.3, -0.25) is 9.52 Å². The maximum atomic E-state index is 12.6. The molecule has 0 spiro atoms. The molecule has 0 saturated heterocycles. The second-order valence-corrected chi connectivity index (χ2v) is 8.78. The van der Waals surface area contributed by atoms with Crippen molar-refractivity contribution >= 4 is 50.3 Å². The third-order valence-corrected chi connectivity index (χ3v) is 5.93. The van der Waals surface area contributed by atoms with Crippen molar-refractivity contribution in [2.45, 2.75) is 9.79 Å². The highest BCUT2D eigenvalue weighted by molar-refractivity contribution is 8.13. The van der Waals surface area contributed by atoms with Crippen LogP contribution in [-0.4, -0.2) is 50.3 Å². The van der Waals surface area contributed by atoms with Gasteiger partial charge in [0.2, 0.25) is 0 Å². The van der Waals surface area contributed by atoms with Crippen LogP contribution in [0.25, 0.3) is 0 Å². The normalized spacial score (nSPS) is 11.0. The molecule has 0 aliphatic carbocycles. The minimum atomic E-state index is -3.96. The van der Waals surface area contributed by atoms with Gasteiger partial charge in [0.25, 0.3) is 15.3 Å². The molecule has 2 rings (SSSR count). The second kappa shape index (κ2) is 9.18. The molecule has 11 heteroatoms. The summed E-state index contributed by atoms with van der Waals surface area (Å²) < 4.78 is 32.6. The van der Waals surface area contributed by atoms with Crippen LogP contribution in [0.15, 0.2) is 52.3 Å². The summed E-state index contributed by atoms with van der Waals surface area (Å²) in [6, 6.07) is 10.1. The Bertz CT molecular complexity index is 995. The maximum absolute atomic E-state index is 12.6. The van der Waals surface area contributed by atoms with Gasteiger partial charge >= 0.3 is 5.97 Å². The number of ether oxygens (including phenoxy) is 1. The van der Waals surface area contributed by atoms with E-state index in [-0.39, 0.29) is 26.6 Å². The average molecular weight is 445 g/mol. The van der Waals surface area contributed by atoms with E-state index in [1.807, 2.05) is 0 Å². The molecular weight excluding hydrogens is 428 g/mol. The van der Waals surface area contributed by atoms with E-state index in [4.69, 9.17) is 21.4 Å². The lowest BCUT2D eigenvalue weighted by molar-refractivity contribution is -0.139. The molecule has 0 heterocycles. The van der Waals surface area contributed by atoms with E-state index in [9.17, 15) is 18.0 Å². The van der Waals surface area contributed by atoms with Gasteiger partial charge in [-0.05, 0) is 48.2 Å². The Balaban J connectivity index is 2.18. The van der Waals surface area contributed by atoms with Crippen LogP contribution < -0.4 is 9.46 Å². The van der Waals surface area contributed by atoms with E-state index >= 15 is 0 Å². The van der Waals surface area contributed by atoms with Gasteiger partial charge in [-0.1, -0.05) is 17.7 Å². The molecule has 0 radical (unpaired) electrons. The van der Waals surface area contributed by atoms with Gasteiger partial charge in [-0.15, -0.1) is 0 Å². The number of carbonyl (C=O) groups is 2. The average Bonchev–Trinajstić information content (AvgIpc) is 2.60. The van der Waals surface area contributed by atoms with E-state index in [1.165, 1.54) is 23.1 Å². The number of thioether (sulfide) groups is 1. The molecule has 0 atom stereocenters. The van der Waals surface area contributed by atoms with Crippen LogP contribution in [-0.2, 0) is 14.8 Å². The number of anilines is 1. The lowest BCUT2D eigenvalue weighted by atomic mass is 10.3. The molecule has 1 amide bonds. The van der Waals surface area contributed by atoms with Gasteiger partial charge in [0.1, 0.15) is 5.75 Å². The predicted molar refractivity (Wildman–Crippen MR) is 107 cm³/mol. The number of carbonyl (C=O) groups excluding carboxylic acids is 1. The van der Waals surface area contributed by atoms with Crippen molar-refractivity contribution in [2.75, 3.05) is 25.4 Å². The highest BCUT2D eigenvalue weighted by Crippen LogP contribution is 2.29. The summed E-state index contributed by atoms with van der Waals surface area (Å²) in [7, 11) is -0.715. The number of carboxylic acids is 1. The number of aliphatic carboxylic acids is 1. The molecule has 2 aromatic carbocycles. The summed E-state index contributed by atoms with van der Waals surface area (Å²) in [6.45, 7) is -0.597. The fourth-order valence-corrected chi connectivity index (χ4v) is 4.03. The van der Waals surface area contributed by atoms with Crippen molar-refractivity contribution in [3.63, 3.8) is 0 Å². The van der Waals surface area contributed by atoms with Crippen LogP contribution in [0.1, 0.15) is 0 Å². The molecule has 28 heavy (non-hydrogen) atoms. The topological polar surface area (TPSA) is 113 Å². The van der Waals surface area contributed by atoms with Crippen LogP contribution in [0.4, 0.5) is 10.5 Å². The van der Waals surface area contributed by atoms with Gasteiger partial charge in [0.15, 0.2) is 6.61 Å². The number of amides is 1. The Hall–Kier alpha value is -2.43. The van der Waals surface area contributed by atoms with Crippen molar-refractivity contribution in [3.05, 3.63) is 47.5 Å². The minimum Gasteiger partial charge on any atom is -0.480 e. The molecule has 8 nitrogen and oxygen atoms in total. The smallest absolute Gasteiger partial charge is 0.341 e. The Morgan fingerprint density at radius 3 is 2.54 bits per heavy atom. The first-order valence-electron chi connectivity index (χ1n) is 7.74. The number of halogens is 1. The second-order valence-electron chi connectivity index (χ2n) is 5.67. The van der Waals surface area contributed by atoms with Gasteiger partial charge in [-0.2, -0.15) is 0 Å². The van der Waals surface area contributed by atoms with E-state index in [1.54, 1.807) is 32.3 Å². The molecule has 0 fully saturated rings. The number of carboxylic acid groups (broad SMARTS) is 1. The zero-order valence-corrected chi connectivity index (χ0v) is 17.3. The minimum absolute atomic E-state index is 0.0370. The lowest BCUT2D eigenvalue weighted by Crippen LogP contribution is -2.16. The number of nitrogens with one attached hydrogen (secondary N) is 1. The highest BCUT2D eigenvalue weighted by atomic mass is 35.5. The first-order chi connectivity index (χ1) is 13.1. The SMILES string of the molecule is CN(C)C(=O)Sc1cccc(NS(=O)(=O)c2ccc(OCC(=O)O)c(Cl)c2)c1. The summed E-state index contributed by atoms with van der Waals surface area (Å²) in [5.41, 5.74) is 0.277. The Morgan fingerprint density at radius 1 is 1.21 bits per heavy atom. The molecule has 150 valence electrons. The lowest BCUT2D eigenvalue weighted by Gasteiger charge is -2.12. The zero-order valence-electron chi connectivity index (χ0n) is 14.9. The monoisotopic (exact) mass is 444 g/mol.